The standard InChI is InChI=1S/C25H22Cl3N3O3/c1-2-5-23(19-13-10-17(26)14-22(19)28)31-34-15-16-8-11-18(12-9-16)29-25(33)30-24(32)20-6-3-4-7-21(20)27/h3-14,31H,2,15H2,1H3,(H2,29,30,32,33). The fourth-order valence-corrected chi connectivity index (χ4v) is 3.71. The molecule has 3 amide bonds. The monoisotopic (exact) mass is 517 g/mol. The lowest BCUT2D eigenvalue weighted by atomic mass is 10.1. The second kappa shape index (κ2) is 12.4. The molecule has 34 heavy (non-hydrogen) atoms. The molecule has 3 rings (SSSR count). The maximum atomic E-state index is 12.2. The minimum atomic E-state index is -0.662. The van der Waals surface area contributed by atoms with E-state index in [4.69, 9.17) is 39.6 Å². The Morgan fingerprint density at radius 2 is 1.65 bits per heavy atom. The molecular weight excluding hydrogens is 497 g/mol. The van der Waals surface area contributed by atoms with Gasteiger partial charge in [-0.25, -0.2) is 4.79 Å². The van der Waals surface area contributed by atoms with E-state index in [1.165, 1.54) is 6.07 Å². The molecule has 0 saturated heterocycles. The highest BCUT2D eigenvalue weighted by atomic mass is 35.5. The van der Waals surface area contributed by atoms with Crippen LogP contribution in [0.15, 0.2) is 72.8 Å². The number of carbonyl (C=O) groups is 2. The maximum absolute atomic E-state index is 12.2. The summed E-state index contributed by atoms with van der Waals surface area (Å²) in [5, 5.41) is 6.20. The predicted molar refractivity (Wildman–Crippen MR) is 137 cm³/mol. The molecule has 0 aromatic heterocycles. The minimum Gasteiger partial charge on any atom is -0.308 e. The number of hydroxylamine groups is 1. The number of halogens is 3. The lowest BCUT2D eigenvalue weighted by Gasteiger charge is -2.13. The molecule has 0 fully saturated rings. The van der Waals surface area contributed by atoms with E-state index >= 15 is 0 Å². The molecule has 0 saturated carbocycles. The summed E-state index contributed by atoms with van der Waals surface area (Å²) in [6.07, 6.45) is 2.75. The lowest BCUT2D eigenvalue weighted by Crippen LogP contribution is -2.34. The molecule has 0 aliphatic heterocycles. The van der Waals surface area contributed by atoms with E-state index < -0.39 is 11.9 Å². The number of nitrogens with one attached hydrogen (secondary N) is 3. The number of benzene rings is 3. The quantitative estimate of drug-likeness (QED) is 0.278. The summed E-state index contributed by atoms with van der Waals surface area (Å²) >= 11 is 18.3. The molecule has 0 radical (unpaired) electrons. The topological polar surface area (TPSA) is 79.5 Å². The average molecular weight is 519 g/mol. The van der Waals surface area contributed by atoms with Gasteiger partial charge in [-0.2, -0.15) is 0 Å². The number of imide groups is 1. The third kappa shape index (κ3) is 7.23. The minimum absolute atomic E-state index is 0.218. The predicted octanol–water partition coefficient (Wildman–Crippen LogP) is 7.08. The normalized spacial score (nSPS) is 11.1. The fourth-order valence-electron chi connectivity index (χ4n) is 2.98. The van der Waals surface area contributed by atoms with Crippen molar-refractivity contribution in [3.05, 3.63) is 105 Å². The molecule has 0 aliphatic carbocycles. The number of hydrogen-bond acceptors (Lipinski definition) is 4. The number of allylic oxidation sites excluding steroid dienone is 1. The number of rotatable bonds is 8. The summed E-state index contributed by atoms with van der Waals surface area (Å²) in [6, 6.07) is 18.1. The van der Waals surface area contributed by atoms with E-state index in [2.05, 4.69) is 16.1 Å². The molecule has 3 aromatic rings. The molecule has 9 heteroatoms. The molecule has 0 aliphatic rings. The second-order valence-electron chi connectivity index (χ2n) is 7.13. The Morgan fingerprint density at radius 3 is 2.32 bits per heavy atom. The van der Waals surface area contributed by atoms with E-state index in [0.717, 1.165) is 23.2 Å². The van der Waals surface area contributed by atoms with Crippen LogP contribution in [0.25, 0.3) is 5.70 Å². The molecule has 176 valence electrons. The highest BCUT2D eigenvalue weighted by molar-refractivity contribution is 6.35. The SMILES string of the molecule is CCC=C(NOCc1ccc(NC(=O)NC(=O)c2ccccc2Cl)cc1)c1ccc(Cl)cc1Cl. The number of anilines is 1. The van der Waals surface area contributed by atoms with Crippen molar-refractivity contribution in [2.45, 2.75) is 20.0 Å². The smallest absolute Gasteiger partial charge is 0.308 e. The van der Waals surface area contributed by atoms with E-state index in [1.54, 1.807) is 54.6 Å². The largest absolute Gasteiger partial charge is 0.326 e. The zero-order valence-electron chi connectivity index (χ0n) is 18.2. The van der Waals surface area contributed by atoms with Crippen LogP contribution in [-0.4, -0.2) is 11.9 Å². The van der Waals surface area contributed by atoms with Crippen molar-refractivity contribution in [1.82, 2.24) is 10.8 Å². The molecule has 0 bridgehead atoms. The van der Waals surface area contributed by atoms with Gasteiger partial charge in [0.25, 0.3) is 5.91 Å². The van der Waals surface area contributed by atoms with Gasteiger partial charge in [-0.1, -0.05) is 72.1 Å². The first kappa shape index (κ1) is 25.6. The summed E-state index contributed by atoms with van der Waals surface area (Å²) in [4.78, 5) is 30.0. The van der Waals surface area contributed by atoms with Gasteiger partial charge in [0.05, 0.1) is 27.9 Å². The number of urea groups is 1. The van der Waals surface area contributed by atoms with Gasteiger partial charge in [0.1, 0.15) is 0 Å². The van der Waals surface area contributed by atoms with Gasteiger partial charge < -0.3 is 5.32 Å². The average Bonchev–Trinajstić information content (AvgIpc) is 2.80. The van der Waals surface area contributed by atoms with Crippen molar-refractivity contribution < 1.29 is 14.4 Å². The van der Waals surface area contributed by atoms with Crippen molar-refractivity contribution in [3.63, 3.8) is 0 Å². The Hall–Kier alpha value is -3.03. The molecule has 3 aromatic carbocycles. The second-order valence-corrected chi connectivity index (χ2v) is 8.38. The van der Waals surface area contributed by atoms with E-state index in [-0.39, 0.29) is 17.2 Å². The van der Waals surface area contributed by atoms with Crippen LogP contribution in [0.3, 0.4) is 0 Å². The Morgan fingerprint density at radius 1 is 0.912 bits per heavy atom. The third-order valence-electron chi connectivity index (χ3n) is 4.61. The van der Waals surface area contributed by atoms with Gasteiger partial charge in [-0.15, -0.1) is 0 Å². The molecule has 0 atom stereocenters. The number of amides is 3. The van der Waals surface area contributed by atoms with Gasteiger partial charge >= 0.3 is 6.03 Å². The van der Waals surface area contributed by atoms with Crippen LogP contribution < -0.4 is 16.1 Å². The third-order valence-corrected chi connectivity index (χ3v) is 5.49. The van der Waals surface area contributed by atoms with Crippen LogP contribution >= 0.6 is 34.8 Å². The Bertz CT molecular complexity index is 1200. The van der Waals surface area contributed by atoms with Crippen LogP contribution in [-0.2, 0) is 11.4 Å². The van der Waals surface area contributed by atoms with Crippen molar-refractivity contribution >= 4 is 58.1 Å². The van der Waals surface area contributed by atoms with Gasteiger partial charge in [-0.3, -0.25) is 20.4 Å². The summed E-state index contributed by atoms with van der Waals surface area (Å²) in [7, 11) is 0. The Labute approximate surface area is 212 Å². The van der Waals surface area contributed by atoms with Gasteiger partial charge in [0.2, 0.25) is 0 Å². The number of carbonyl (C=O) groups excluding carboxylic acids is 2. The van der Waals surface area contributed by atoms with E-state index in [0.29, 0.717) is 15.7 Å². The summed E-state index contributed by atoms with van der Waals surface area (Å²) < 4.78 is 0. The summed E-state index contributed by atoms with van der Waals surface area (Å²) in [5.74, 6) is -0.587. The molecule has 0 heterocycles. The maximum Gasteiger partial charge on any atom is 0.326 e. The first-order valence-corrected chi connectivity index (χ1v) is 11.5. The molecule has 0 spiro atoms. The zero-order valence-corrected chi connectivity index (χ0v) is 20.5. The molecule has 6 nitrogen and oxygen atoms in total. The molecule has 3 N–H and O–H groups in total. The van der Waals surface area contributed by atoms with Crippen LogP contribution in [0.2, 0.25) is 15.1 Å². The molecule has 0 unspecified atom stereocenters. The van der Waals surface area contributed by atoms with Crippen LogP contribution in [0.5, 0.6) is 0 Å². The van der Waals surface area contributed by atoms with Crippen LogP contribution in [0.4, 0.5) is 10.5 Å². The van der Waals surface area contributed by atoms with Crippen molar-refractivity contribution in [3.8, 4) is 0 Å². The zero-order chi connectivity index (χ0) is 24.5. The van der Waals surface area contributed by atoms with Crippen molar-refractivity contribution in [2.75, 3.05) is 5.32 Å². The molecular formula is C25H22Cl3N3O3. The fraction of sp³-hybridized carbons (Fsp3) is 0.120. The van der Waals surface area contributed by atoms with E-state index in [1.807, 2.05) is 19.1 Å². The first-order chi connectivity index (χ1) is 16.4. The van der Waals surface area contributed by atoms with Crippen LogP contribution in [0.1, 0.15) is 34.8 Å². The van der Waals surface area contributed by atoms with Crippen LogP contribution in [0, 0.1) is 0 Å². The highest BCUT2D eigenvalue weighted by Gasteiger charge is 2.13. The van der Waals surface area contributed by atoms with Gasteiger partial charge in [0.15, 0.2) is 0 Å². The van der Waals surface area contributed by atoms with E-state index in [9.17, 15) is 9.59 Å². The lowest BCUT2D eigenvalue weighted by molar-refractivity contribution is 0.0645. The van der Waals surface area contributed by atoms with Crippen molar-refractivity contribution in [2.24, 2.45) is 0 Å². The summed E-state index contributed by atoms with van der Waals surface area (Å²) in [6.45, 7) is 2.28. The summed E-state index contributed by atoms with van der Waals surface area (Å²) in [5.41, 5.74) is 6.06. The Balaban J connectivity index is 1.52. The Kier molecular flexibility index (Phi) is 9.36. The number of hydrogen-bond donors (Lipinski definition) is 3. The van der Waals surface area contributed by atoms with Crippen molar-refractivity contribution in [1.29, 1.82) is 0 Å². The van der Waals surface area contributed by atoms with Gasteiger partial charge in [0, 0.05) is 16.3 Å². The highest BCUT2D eigenvalue weighted by Crippen LogP contribution is 2.26. The first-order valence-electron chi connectivity index (χ1n) is 10.4. The van der Waals surface area contributed by atoms with Gasteiger partial charge in [-0.05, 0) is 54.4 Å².